The van der Waals surface area contributed by atoms with E-state index in [1.807, 2.05) is 24.3 Å². The molecule has 1 nitrogen and oxygen atoms in total. The molecule has 1 saturated carbocycles. The van der Waals surface area contributed by atoms with Gasteiger partial charge in [-0.15, -0.1) is 0 Å². The average molecular weight is 251 g/mol. The van der Waals surface area contributed by atoms with Crippen LogP contribution in [0.1, 0.15) is 29.9 Å². The van der Waals surface area contributed by atoms with Crippen molar-refractivity contribution in [2.45, 2.75) is 24.2 Å². The van der Waals surface area contributed by atoms with Crippen molar-refractivity contribution in [2.24, 2.45) is 0 Å². The molecular formula is C17H14FN. The average Bonchev–Trinajstić information content (AvgIpc) is 2.40. The highest BCUT2D eigenvalue weighted by molar-refractivity contribution is 5.40. The minimum atomic E-state index is -0.511. The van der Waals surface area contributed by atoms with E-state index in [4.69, 9.17) is 0 Å². The number of benzene rings is 2. The van der Waals surface area contributed by atoms with Crippen LogP contribution in [0.15, 0.2) is 54.6 Å². The highest BCUT2D eigenvalue weighted by atomic mass is 19.1. The van der Waals surface area contributed by atoms with Gasteiger partial charge in [-0.3, -0.25) is 0 Å². The Morgan fingerprint density at radius 2 is 1.79 bits per heavy atom. The van der Waals surface area contributed by atoms with Gasteiger partial charge in [0.15, 0.2) is 0 Å². The first-order valence-electron chi connectivity index (χ1n) is 6.46. The second-order valence-corrected chi connectivity index (χ2v) is 5.22. The summed E-state index contributed by atoms with van der Waals surface area (Å²) in [6.45, 7) is 0. The van der Waals surface area contributed by atoms with Crippen molar-refractivity contribution in [1.29, 1.82) is 5.26 Å². The van der Waals surface area contributed by atoms with Gasteiger partial charge in [-0.2, -0.15) is 5.26 Å². The normalized spacial score (nSPS) is 25.4. The Morgan fingerprint density at radius 1 is 1.05 bits per heavy atom. The maximum atomic E-state index is 13.3. The minimum absolute atomic E-state index is 0.268. The summed E-state index contributed by atoms with van der Waals surface area (Å²) in [4.78, 5) is 0. The molecule has 19 heavy (non-hydrogen) atoms. The van der Waals surface area contributed by atoms with Gasteiger partial charge >= 0.3 is 0 Å². The molecule has 1 aliphatic rings. The zero-order valence-corrected chi connectivity index (χ0v) is 10.5. The fourth-order valence-electron chi connectivity index (χ4n) is 2.92. The molecule has 0 spiro atoms. The highest BCUT2D eigenvalue weighted by Gasteiger charge is 2.46. The standard InChI is InChI=1S/C17H14FN/c18-16-8-4-7-15(9-16)17(12-19)10-14(11-17)13-5-2-1-3-6-13/h1-9,14H,10-11H2. The summed E-state index contributed by atoms with van der Waals surface area (Å²) in [6, 6.07) is 19.1. The van der Waals surface area contributed by atoms with E-state index in [0.29, 0.717) is 5.92 Å². The molecule has 0 unspecified atom stereocenters. The number of nitriles is 1. The molecule has 2 aromatic carbocycles. The van der Waals surface area contributed by atoms with Crippen LogP contribution >= 0.6 is 0 Å². The third kappa shape index (κ3) is 2.02. The monoisotopic (exact) mass is 251 g/mol. The van der Waals surface area contributed by atoms with E-state index < -0.39 is 5.41 Å². The molecule has 3 rings (SSSR count). The second-order valence-electron chi connectivity index (χ2n) is 5.22. The molecule has 0 heterocycles. The summed E-state index contributed by atoms with van der Waals surface area (Å²) >= 11 is 0. The zero-order valence-electron chi connectivity index (χ0n) is 10.5. The number of halogens is 1. The Hall–Kier alpha value is -2.14. The first kappa shape index (κ1) is 11.9. The predicted octanol–water partition coefficient (Wildman–Crippen LogP) is 4.16. The lowest BCUT2D eigenvalue weighted by Crippen LogP contribution is -2.38. The van der Waals surface area contributed by atoms with E-state index in [9.17, 15) is 9.65 Å². The van der Waals surface area contributed by atoms with E-state index in [1.165, 1.54) is 17.7 Å². The van der Waals surface area contributed by atoms with Crippen LogP contribution in [-0.2, 0) is 5.41 Å². The molecular weight excluding hydrogens is 237 g/mol. The first-order chi connectivity index (χ1) is 9.23. The molecule has 2 aromatic rings. The van der Waals surface area contributed by atoms with Crippen molar-refractivity contribution in [1.82, 2.24) is 0 Å². The van der Waals surface area contributed by atoms with Gasteiger partial charge < -0.3 is 0 Å². The predicted molar refractivity (Wildman–Crippen MR) is 72.1 cm³/mol. The van der Waals surface area contributed by atoms with Crippen LogP contribution in [0.2, 0.25) is 0 Å². The Kier molecular flexibility index (Phi) is 2.83. The van der Waals surface area contributed by atoms with Gasteiger partial charge in [0.25, 0.3) is 0 Å². The van der Waals surface area contributed by atoms with Crippen molar-refractivity contribution < 1.29 is 4.39 Å². The summed E-state index contributed by atoms with van der Waals surface area (Å²) in [5, 5.41) is 9.47. The van der Waals surface area contributed by atoms with Gasteiger partial charge in [0.05, 0.1) is 11.5 Å². The van der Waals surface area contributed by atoms with Crippen LogP contribution in [0, 0.1) is 17.1 Å². The van der Waals surface area contributed by atoms with Gasteiger partial charge in [-0.05, 0) is 42.0 Å². The van der Waals surface area contributed by atoms with Crippen molar-refractivity contribution in [3.8, 4) is 6.07 Å². The Morgan fingerprint density at radius 3 is 2.42 bits per heavy atom. The second kappa shape index (κ2) is 4.51. The molecule has 0 atom stereocenters. The zero-order chi connectivity index (χ0) is 13.3. The molecule has 0 aromatic heterocycles. The maximum Gasteiger partial charge on any atom is 0.123 e. The molecule has 0 amide bonds. The van der Waals surface area contributed by atoms with Crippen LogP contribution < -0.4 is 0 Å². The van der Waals surface area contributed by atoms with Crippen LogP contribution in [0.4, 0.5) is 4.39 Å². The number of hydrogen-bond donors (Lipinski definition) is 0. The summed E-state index contributed by atoms with van der Waals surface area (Å²) < 4.78 is 13.3. The molecule has 1 aliphatic carbocycles. The van der Waals surface area contributed by atoms with Crippen LogP contribution in [0.5, 0.6) is 0 Å². The largest absolute Gasteiger partial charge is 0.207 e. The van der Waals surface area contributed by atoms with Crippen molar-refractivity contribution in [3.63, 3.8) is 0 Å². The molecule has 94 valence electrons. The van der Waals surface area contributed by atoms with Gasteiger partial charge in [0, 0.05) is 0 Å². The molecule has 1 fully saturated rings. The van der Waals surface area contributed by atoms with Gasteiger partial charge in [0.1, 0.15) is 5.82 Å². The molecule has 0 aliphatic heterocycles. The van der Waals surface area contributed by atoms with E-state index in [2.05, 4.69) is 18.2 Å². The first-order valence-corrected chi connectivity index (χ1v) is 6.46. The number of hydrogen-bond acceptors (Lipinski definition) is 1. The lowest BCUT2D eigenvalue weighted by molar-refractivity contribution is 0.269. The fourth-order valence-corrected chi connectivity index (χ4v) is 2.92. The van der Waals surface area contributed by atoms with Gasteiger partial charge in [0.2, 0.25) is 0 Å². The molecule has 2 heteroatoms. The van der Waals surface area contributed by atoms with Crippen LogP contribution in [-0.4, -0.2) is 0 Å². The van der Waals surface area contributed by atoms with E-state index in [1.54, 1.807) is 6.07 Å². The SMILES string of the molecule is N#CC1(c2cccc(F)c2)CC(c2ccccc2)C1. The molecule has 0 N–H and O–H groups in total. The number of nitrogens with zero attached hydrogens (tertiary/aromatic N) is 1. The van der Waals surface area contributed by atoms with Crippen molar-refractivity contribution in [2.75, 3.05) is 0 Å². The topological polar surface area (TPSA) is 23.8 Å². The quantitative estimate of drug-likeness (QED) is 0.786. The number of rotatable bonds is 2. The summed E-state index contributed by atoms with van der Waals surface area (Å²) in [7, 11) is 0. The molecule has 0 radical (unpaired) electrons. The smallest absolute Gasteiger partial charge is 0.123 e. The summed E-state index contributed by atoms with van der Waals surface area (Å²) in [5.74, 6) is 0.138. The molecule has 0 bridgehead atoms. The van der Waals surface area contributed by atoms with Gasteiger partial charge in [-0.1, -0.05) is 42.5 Å². The fraction of sp³-hybridized carbons (Fsp3) is 0.235. The van der Waals surface area contributed by atoms with Gasteiger partial charge in [-0.25, -0.2) is 4.39 Å². The lowest BCUT2D eigenvalue weighted by atomic mass is 9.58. The lowest BCUT2D eigenvalue weighted by Gasteiger charge is -2.43. The Bertz CT molecular complexity index is 621. The maximum absolute atomic E-state index is 13.3. The summed E-state index contributed by atoms with van der Waals surface area (Å²) in [6.07, 6.45) is 1.55. The minimum Gasteiger partial charge on any atom is -0.207 e. The van der Waals surface area contributed by atoms with E-state index >= 15 is 0 Å². The summed E-state index contributed by atoms with van der Waals surface area (Å²) in [5.41, 5.74) is 1.56. The van der Waals surface area contributed by atoms with Crippen molar-refractivity contribution in [3.05, 3.63) is 71.5 Å². The third-order valence-corrected chi connectivity index (χ3v) is 4.05. The molecule has 0 saturated heterocycles. The third-order valence-electron chi connectivity index (χ3n) is 4.05. The Balaban J connectivity index is 1.85. The highest BCUT2D eigenvalue weighted by Crippen LogP contribution is 2.52. The van der Waals surface area contributed by atoms with E-state index in [0.717, 1.165) is 18.4 Å². The van der Waals surface area contributed by atoms with Crippen molar-refractivity contribution >= 4 is 0 Å². The van der Waals surface area contributed by atoms with E-state index in [-0.39, 0.29) is 5.82 Å². The Labute approximate surface area is 112 Å². The van der Waals surface area contributed by atoms with Crippen LogP contribution in [0.3, 0.4) is 0 Å². The van der Waals surface area contributed by atoms with Crippen LogP contribution in [0.25, 0.3) is 0 Å².